The quantitative estimate of drug-likeness (QED) is 0.623. The molecule has 6 nitrogen and oxygen atoms in total. The Morgan fingerprint density at radius 3 is 2.48 bits per heavy atom. The third-order valence-corrected chi connectivity index (χ3v) is 3.45. The van der Waals surface area contributed by atoms with Crippen molar-refractivity contribution < 1.29 is 14.0 Å². The zero-order valence-electron chi connectivity index (χ0n) is 13.9. The third kappa shape index (κ3) is 5.20. The number of carbonyl (C=O) groups excluding carboxylic acids is 2. The molecule has 1 heterocycles. The molecule has 0 unspecified atom stereocenters. The van der Waals surface area contributed by atoms with Crippen molar-refractivity contribution in [2.45, 2.75) is 19.9 Å². The molecule has 1 aromatic carbocycles. The molecule has 7 heteroatoms. The van der Waals surface area contributed by atoms with Gasteiger partial charge in [0.25, 0.3) is 11.8 Å². The number of nitrogens with zero attached hydrogens (tertiary/aromatic N) is 2. The van der Waals surface area contributed by atoms with E-state index in [2.05, 4.69) is 20.8 Å². The van der Waals surface area contributed by atoms with Crippen LogP contribution in [-0.2, 0) is 4.79 Å². The number of carbonyl (C=O) groups is 2. The summed E-state index contributed by atoms with van der Waals surface area (Å²) in [4.78, 5) is 28.4. The minimum absolute atomic E-state index is 0.110. The van der Waals surface area contributed by atoms with E-state index in [4.69, 9.17) is 0 Å². The highest BCUT2D eigenvalue weighted by molar-refractivity contribution is 5.98. The molecule has 2 rings (SSSR count). The molecular formula is C18H19FN4O2. The molecule has 1 atom stereocenters. The molecule has 2 aromatic rings. The molecule has 25 heavy (non-hydrogen) atoms. The van der Waals surface area contributed by atoms with Crippen molar-refractivity contribution in [3.63, 3.8) is 0 Å². The second-order valence-corrected chi connectivity index (χ2v) is 5.69. The van der Waals surface area contributed by atoms with Crippen LogP contribution < -0.4 is 10.7 Å². The van der Waals surface area contributed by atoms with E-state index in [1.54, 1.807) is 44.4 Å². The van der Waals surface area contributed by atoms with Gasteiger partial charge in [0.2, 0.25) is 0 Å². The average molecular weight is 342 g/mol. The monoisotopic (exact) mass is 342 g/mol. The highest BCUT2D eigenvalue weighted by atomic mass is 19.1. The van der Waals surface area contributed by atoms with Gasteiger partial charge in [0.05, 0.1) is 11.8 Å². The summed E-state index contributed by atoms with van der Waals surface area (Å²) in [5, 5.41) is 6.41. The summed E-state index contributed by atoms with van der Waals surface area (Å²) in [5.74, 6) is -1.97. The third-order valence-electron chi connectivity index (χ3n) is 3.45. The number of halogens is 1. The molecule has 0 radical (unpaired) electrons. The fraction of sp³-hybridized carbons (Fsp3) is 0.222. The van der Waals surface area contributed by atoms with Crippen molar-refractivity contribution in [2.24, 2.45) is 11.0 Å². The maximum absolute atomic E-state index is 13.7. The molecule has 130 valence electrons. The lowest BCUT2D eigenvalue weighted by atomic mass is 10.0. The van der Waals surface area contributed by atoms with Crippen molar-refractivity contribution in [1.82, 2.24) is 15.7 Å². The summed E-state index contributed by atoms with van der Waals surface area (Å²) >= 11 is 0. The number of hydrogen-bond acceptors (Lipinski definition) is 4. The van der Waals surface area contributed by atoms with Gasteiger partial charge in [-0.3, -0.25) is 14.6 Å². The topological polar surface area (TPSA) is 83.5 Å². The minimum atomic E-state index is -0.846. The molecule has 0 aliphatic rings. The predicted molar refractivity (Wildman–Crippen MR) is 92.5 cm³/mol. The van der Waals surface area contributed by atoms with Crippen molar-refractivity contribution in [3.05, 3.63) is 65.7 Å². The largest absolute Gasteiger partial charge is 0.340 e. The van der Waals surface area contributed by atoms with Gasteiger partial charge in [-0.1, -0.05) is 26.0 Å². The Morgan fingerprint density at radius 2 is 1.84 bits per heavy atom. The van der Waals surface area contributed by atoms with Gasteiger partial charge in [-0.15, -0.1) is 0 Å². The molecule has 1 aromatic heterocycles. The van der Waals surface area contributed by atoms with E-state index < -0.39 is 23.7 Å². The van der Waals surface area contributed by atoms with Crippen molar-refractivity contribution >= 4 is 18.0 Å². The number of amides is 2. The highest BCUT2D eigenvalue weighted by Crippen LogP contribution is 2.09. The van der Waals surface area contributed by atoms with Crippen LogP contribution in [0.3, 0.4) is 0 Å². The van der Waals surface area contributed by atoms with E-state index in [0.29, 0.717) is 0 Å². The molecule has 2 amide bonds. The van der Waals surface area contributed by atoms with Gasteiger partial charge in [0.15, 0.2) is 0 Å². The minimum Gasteiger partial charge on any atom is -0.340 e. The summed E-state index contributed by atoms with van der Waals surface area (Å²) in [6, 6.07) is 8.22. The average Bonchev–Trinajstić information content (AvgIpc) is 2.60. The zero-order chi connectivity index (χ0) is 18.2. The molecule has 0 fully saturated rings. The van der Waals surface area contributed by atoms with E-state index in [9.17, 15) is 14.0 Å². The first-order valence-electron chi connectivity index (χ1n) is 7.77. The van der Waals surface area contributed by atoms with Crippen molar-refractivity contribution in [1.29, 1.82) is 0 Å². The zero-order valence-corrected chi connectivity index (χ0v) is 13.9. The first-order chi connectivity index (χ1) is 12.0. The predicted octanol–water partition coefficient (Wildman–Crippen LogP) is 2.13. The summed E-state index contributed by atoms with van der Waals surface area (Å²) in [6.07, 6.45) is 4.68. The Labute approximate surface area is 145 Å². The summed E-state index contributed by atoms with van der Waals surface area (Å²) in [7, 11) is 0. The van der Waals surface area contributed by atoms with Gasteiger partial charge in [0, 0.05) is 12.4 Å². The summed E-state index contributed by atoms with van der Waals surface area (Å²) in [5.41, 5.74) is 3.05. The molecule has 0 aliphatic carbocycles. The number of rotatable bonds is 6. The molecule has 0 saturated carbocycles. The van der Waals surface area contributed by atoms with Crippen LogP contribution in [0.15, 0.2) is 53.9 Å². The summed E-state index contributed by atoms with van der Waals surface area (Å²) in [6.45, 7) is 3.55. The van der Waals surface area contributed by atoms with Crippen LogP contribution in [0.5, 0.6) is 0 Å². The Bertz CT molecular complexity index is 763. The molecule has 0 aliphatic heterocycles. The van der Waals surface area contributed by atoms with Crippen LogP contribution in [0.25, 0.3) is 0 Å². The van der Waals surface area contributed by atoms with E-state index in [0.717, 1.165) is 5.56 Å². The van der Waals surface area contributed by atoms with Crippen LogP contribution >= 0.6 is 0 Å². The summed E-state index contributed by atoms with van der Waals surface area (Å²) < 4.78 is 13.7. The van der Waals surface area contributed by atoms with Gasteiger partial charge in [-0.2, -0.15) is 5.10 Å². The van der Waals surface area contributed by atoms with Crippen molar-refractivity contribution in [2.75, 3.05) is 0 Å². The van der Waals surface area contributed by atoms with Gasteiger partial charge in [-0.25, -0.2) is 9.82 Å². The van der Waals surface area contributed by atoms with Crippen LogP contribution in [0.4, 0.5) is 4.39 Å². The second kappa shape index (κ2) is 8.68. The number of nitrogens with one attached hydrogen (secondary N) is 2. The van der Waals surface area contributed by atoms with Crippen LogP contribution in [0.2, 0.25) is 0 Å². The lowest BCUT2D eigenvalue weighted by Gasteiger charge is -2.20. The van der Waals surface area contributed by atoms with Crippen LogP contribution in [-0.4, -0.2) is 29.1 Å². The fourth-order valence-corrected chi connectivity index (χ4v) is 2.09. The van der Waals surface area contributed by atoms with E-state index >= 15 is 0 Å². The Morgan fingerprint density at radius 1 is 1.16 bits per heavy atom. The van der Waals surface area contributed by atoms with Crippen LogP contribution in [0.1, 0.15) is 29.8 Å². The van der Waals surface area contributed by atoms with E-state index in [-0.39, 0.29) is 11.5 Å². The lowest BCUT2D eigenvalue weighted by molar-refractivity contribution is -0.123. The van der Waals surface area contributed by atoms with E-state index in [1.165, 1.54) is 24.4 Å². The fourth-order valence-electron chi connectivity index (χ4n) is 2.09. The van der Waals surface area contributed by atoms with Gasteiger partial charge >= 0.3 is 0 Å². The molecular weight excluding hydrogens is 323 g/mol. The smallest absolute Gasteiger partial charge is 0.262 e. The maximum atomic E-state index is 13.7. The van der Waals surface area contributed by atoms with Crippen molar-refractivity contribution in [3.8, 4) is 0 Å². The maximum Gasteiger partial charge on any atom is 0.262 e. The Kier molecular flexibility index (Phi) is 6.33. The SMILES string of the molecule is CC(C)[C@@H](NC(=O)c1ccccc1F)C(=O)N/N=C\c1ccncc1. The van der Waals surface area contributed by atoms with Gasteiger partial charge < -0.3 is 5.32 Å². The molecule has 0 bridgehead atoms. The Hall–Kier alpha value is -3.09. The van der Waals surface area contributed by atoms with E-state index in [1.807, 2.05) is 0 Å². The Balaban J connectivity index is 2.02. The lowest BCUT2D eigenvalue weighted by Crippen LogP contribution is -2.48. The normalized spacial score (nSPS) is 12.2. The number of hydrazone groups is 1. The number of pyridine rings is 1. The van der Waals surface area contributed by atoms with Crippen LogP contribution in [0, 0.1) is 11.7 Å². The molecule has 0 spiro atoms. The standard InChI is InChI=1S/C18H19FN4O2/c1-12(2)16(22-17(24)14-5-3-4-6-15(14)19)18(25)23-21-11-13-7-9-20-10-8-13/h3-12,16H,1-2H3,(H,22,24)(H,23,25)/b21-11-/t16-/m1/s1. The molecule has 2 N–H and O–H groups in total. The van der Waals surface area contributed by atoms with Gasteiger partial charge in [0.1, 0.15) is 11.9 Å². The number of benzene rings is 1. The highest BCUT2D eigenvalue weighted by Gasteiger charge is 2.25. The number of hydrogen-bond donors (Lipinski definition) is 2. The first-order valence-corrected chi connectivity index (χ1v) is 7.77. The number of aromatic nitrogens is 1. The molecule has 0 saturated heterocycles. The first kappa shape index (κ1) is 18.3. The second-order valence-electron chi connectivity index (χ2n) is 5.69. The van der Waals surface area contributed by atoms with Gasteiger partial charge in [-0.05, 0) is 35.7 Å².